The van der Waals surface area contributed by atoms with Gasteiger partial charge in [-0.05, 0) is 12.1 Å². The summed E-state index contributed by atoms with van der Waals surface area (Å²) >= 11 is 0. The Kier molecular flexibility index (Phi) is 6.38. The summed E-state index contributed by atoms with van der Waals surface area (Å²) in [6.45, 7) is 1.68. The molecule has 0 heterocycles. The van der Waals surface area contributed by atoms with E-state index in [1.54, 1.807) is 7.11 Å². The zero-order valence-corrected chi connectivity index (χ0v) is 10.2. The van der Waals surface area contributed by atoms with Gasteiger partial charge in [-0.3, -0.25) is 0 Å². The van der Waals surface area contributed by atoms with Crippen molar-refractivity contribution >= 4 is 5.69 Å². The van der Waals surface area contributed by atoms with Crippen molar-refractivity contribution in [2.75, 3.05) is 39.3 Å². The van der Waals surface area contributed by atoms with Crippen molar-refractivity contribution in [1.29, 1.82) is 0 Å². The topological polar surface area (TPSA) is 53.7 Å². The van der Waals surface area contributed by atoms with Gasteiger partial charge in [-0.25, -0.2) is 4.39 Å². The largest absolute Gasteiger partial charge is 0.488 e. The molecule has 0 saturated heterocycles. The van der Waals surface area contributed by atoms with E-state index in [1.807, 2.05) is 0 Å². The third-order valence-corrected chi connectivity index (χ3v) is 2.19. The standard InChI is InChI=1S/C12H17F2NO3/c1-16-7-8-17-5-2-6-18-12-10(15)4-3-9(13)11(12)14/h3-4H,2,5-8,15H2,1H3. The minimum Gasteiger partial charge on any atom is -0.488 e. The van der Waals surface area contributed by atoms with Crippen LogP contribution in [0.3, 0.4) is 0 Å². The van der Waals surface area contributed by atoms with Gasteiger partial charge in [0.05, 0.1) is 25.5 Å². The van der Waals surface area contributed by atoms with Crippen LogP contribution < -0.4 is 10.5 Å². The molecule has 102 valence electrons. The number of halogens is 2. The lowest BCUT2D eigenvalue weighted by Crippen LogP contribution is -2.08. The number of ether oxygens (including phenoxy) is 3. The molecular formula is C12H17F2NO3. The van der Waals surface area contributed by atoms with Crippen LogP contribution in [0.4, 0.5) is 14.5 Å². The molecule has 0 aliphatic heterocycles. The van der Waals surface area contributed by atoms with Crippen molar-refractivity contribution in [3.63, 3.8) is 0 Å². The molecule has 0 radical (unpaired) electrons. The summed E-state index contributed by atoms with van der Waals surface area (Å²) in [4.78, 5) is 0. The van der Waals surface area contributed by atoms with Crippen molar-refractivity contribution in [1.82, 2.24) is 0 Å². The van der Waals surface area contributed by atoms with Crippen LogP contribution >= 0.6 is 0 Å². The van der Waals surface area contributed by atoms with Gasteiger partial charge in [-0.2, -0.15) is 4.39 Å². The number of benzene rings is 1. The van der Waals surface area contributed by atoms with Gasteiger partial charge < -0.3 is 19.9 Å². The molecule has 18 heavy (non-hydrogen) atoms. The third-order valence-electron chi connectivity index (χ3n) is 2.19. The number of hydrogen-bond acceptors (Lipinski definition) is 4. The molecule has 1 rings (SSSR count). The Morgan fingerprint density at radius 1 is 1.11 bits per heavy atom. The highest BCUT2D eigenvalue weighted by Gasteiger charge is 2.12. The average molecular weight is 261 g/mol. The maximum absolute atomic E-state index is 13.3. The van der Waals surface area contributed by atoms with E-state index in [-0.39, 0.29) is 18.0 Å². The summed E-state index contributed by atoms with van der Waals surface area (Å²) in [5.41, 5.74) is 5.57. The molecule has 4 nitrogen and oxygen atoms in total. The zero-order valence-electron chi connectivity index (χ0n) is 10.2. The molecule has 0 aliphatic rings. The second-order valence-electron chi connectivity index (χ2n) is 3.59. The maximum atomic E-state index is 13.3. The van der Waals surface area contributed by atoms with E-state index >= 15 is 0 Å². The van der Waals surface area contributed by atoms with Crippen LogP contribution in [0.2, 0.25) is 0 Å². The normalized spacial score (nSPS) is 10.6. The van der Waals surface area contributed by atoms with Gasteiger partial charge in [0.15, 0.2) is 11.6 Å². The van der Waals surface area contributed by atoms with Gasteiger partial charge in [-0.15, -0.1) is 0 Å². The van der Waals surface area contributed by atoms with Crippen molar-refractivity contribution in [2.45, 2.75) is 6.42 Å². The molecule has 1 aromatic rings. The predicted octanol–water partition coefficient (Wildman–Crippen LogP) is 1.98. The number of rotatable bonds is 8. The second-order valence-corrected chi connectivity index (χ2v) is 3.59. The van der Waals surface area contributed by atoms with Crippen LogP contribution in [0.5, 0.6) is 5.75 Å². The van der Waals surface area contributed by atoms with E-state index in [9.17, 15) is 8.78 Å². The number of anilines is 1. The minimum absolute atomic E-state index is 0.0780. The third kappa shape index (κ3) is 4.46. The molecule has 6 heteroatoms. The summed E-state index contributed by atoms with van der Waals surface area (Å²) in [5, 5.41) is 0. The number of nitrogens with two attached hydrogens (primary N) is 1. The molecule has 0 aromatic heterocycles. The van der Waals surface area contributed by atoms with Crippen molar-refractivity contribution in [3.05, 3.63) is 23.8 Å². The van der Waals surface area contributed by atoms with Gasteiger partial charge >= 0.3 is 0 Å². The quantitative estimate of drug-likeness (QED) is 0.574. The van der Waals surface area contributed by atoms with Crippen LogP contribution in [0.1, 0.15) is 6.42 Å². The Bertz CT molecular complexity index is 375. The number of hydrogen-bond donors (Lipinski definition) is 1. The van der Waals surface area contributed by atoms with Gasteiger partial charge in [0.1, 0.15) is 0 Å². The second kappa shape index (κ2) is 7.84. The maximum Gasteiger partial charge on any atom is 0.202 e. The predicted molar refractivity (Wildman–Crippen MR) is 63.6 cm³/mol. The van der Waals surface area contributed by atoms with E-state index in [2.05, 4.69) is 0 Å². The van der Waals surface area contributed by atoms with E-state index < -0.39 is 11.6 Å². The van der Waals surface area contributed by atoms with Gasteiger partial charge in [0.25, 0.3) is 0 Å². The van der Waals surface area contributed by atoms with E-state index in [1.165, 1.54) is 6.07 Å². The number of methoxy groups -OCH3 is 1. The average Bonchev–Trinajstić information content (AvgIpc) is 2.36. The summed E-state index contributed by atoms with van der Waals surface area (Å²) in [7, 11) is 1.59. The Labute approximate surface area is 105 Å². The van der Waals surface area contributed by atoms with Gasteiger partial charge in [-0.1, -0.05) is 0 Å². The molecule has 0 unspecified atom stereocenters. The Morgan fingerprint density at radius 3 is 2.61 bits per heavy atom. The molecule has 2 N–H and O–H groups in total. The lowest BCUT2D eigenvalue weighted by atomic mass is 10.3. The highest BCUT2D eigenvalue weighted by atomic mass is 19.2. The smallest absolute Gasteiger partial charge is 0.202 e. The fourth-order valence-electron chi connectivity index (χ4n) is 1.27. The van der Waals surface area contributed by atoms with Crippen molar-refractivity contribution in [3.8, 4) is 5.75 Å². The highest BCUT2D eigenvalue weighted by molar-refractivity contribution is 5.53. The van der Waals surface area contributed by atoms with Crippen LogP contribution in [0.25, 0.3) is 0 Å². The summed E-state index contributed by atoms with van der Waals surface area (Å²) in [6, 6.07) is 2.23. The molecule has 0 saturated carbocycles. The molecule has 0 aliphatic carbocycles. The van der Waals surface area contributed by atoms with Gasteiger partial charge in [0.2, 0.25) is 5.82 Å². The molecule has 1 aromatic carbocycles. The lowest BCUT2D eigenvalue weighted by molar-refractivity contribution is 0.0642. The summed E-state index contributed by atoms with van der Waals surface area (Å²) < 4.78 is 41.3. The summed E-state index contributed by atoms with van der Waals surface area (Å²) in [6.07, 6.45) is 0.555. The molecular weight excluding hydrogens is 244 g/mol. The first-order valence-electron chi connectivity index (χ1n) is 5.59. The highest BCUT2D eigenvalue weighted by Crippen LogP contribution is 2.27. The molecule has 0 bridgehead atoms. The Morgan fingerprint density at radius 2 is 1.89 bits per heavy atom. The first-order valence-corrected chi connectivity index (χ1v) is 5.59. The molecule has 0 fully saturated rings. The fraction of sp³-hybridized carbons (Fsp3) is 0.500. The first-order chi connectivity index (χ1) is 8.66. The van der Waals surface area contributed by atoms with Gasteiger partial charge in [0, 0.05) is 20.1 Å². The molecule has 0 amide bonds. The number of nitrogen functional groups attached to an aromatic ring is 1. The van der Waals surface area contributed by atoms with Crippen molar-refractivity contribution in [2.24, 2.45) is 0 Å². The Balaban J connectivity index is 2.29. The SMILES string of the molecule is COCCOCCCOc1c(N)ccc(F)c1F. The van der Waals surface area contributed by atoms with Crippen LogP contribution in [-0.2, 0) is 9.47 Å². The Hall–Kier alpha value is -1.40. The van der Waals surface area contributed by atoms with Crippen LogP contribution in [0.15, 0.2) is 12.1 Å². The first kappa shape index (κ1) is 14.7. The van der Waals surface area contributed by atoms with Crippen LogP contribution in [0, 0.1) is 11.6 Å². The van der Waals surface area contributed by atoms with Crippen LogP contribution in [-0.4, -0.2) is 33.5 Å². The van der Waals surface area contributed by atoms with Crippen molar-refractivity contribution < 1.29 is 23.0 Å². The molecule has 0 atom stereocenters. The van der Waals surface area contributed by atoms with E-state index in [0.29, 0.717) is 26.2 Å². The monoisotopic (exact) mass is 261 g/mol. The summed E-state index contributed by atoms with van der Waals surface area (Å²) in [5.74, 6) is -2.28. The fourth-order valence-corrected chi connectivity index (χ4v) is 1.27. The zero-order chi connectivity index (χ0) is 13.4. The van der Waals surface area contributed by atoms with E-state index in [0.717, 1.165) is 6.07 Å². The van der Waals surface area contributed by atoms with E-state index in [4.69, 9.17) is 19.9 Å². The molecule has 0 spiro atoms. The minimum atomic E-state index is -1.06. The lowest BCUT2D eigenvalue weighted by Gasteiger charge is -2.10.